The summed E-state index contributed by atoms with van der Waals surface area (Å²) < 4.78 is 16.2. The molecule has 1 aliphatic heterocycles. The summed E-state index contributed by atoms with van der Waals surface area (Å²) in [6, 6.07) is 0. The predicted molar refractivity (Wildman–Crippen MR) is 80.6 cm³/mol. The molecule has 0 atom stereocenters. The summed E-state index contributed by atoms with van der Waals surface area (Å²) in [6.07, 6.45) is 9.59. The molecule has 4 rings (SSSR count). The molecular formula is C16H22N4O3. The number of aromatic nitrogens is 3. The number of nitrogens with zero attached hydrogens (tertiary/aromatic N) is 3. The van der Waals surface area contributed by atoms with E-state index in [4.69, 9.17) is 18.7 Å². The van der Waals surface area contributed by atoms with Crippen LogP contribution in [0.4, 0.5) is 0 Å². The van der Waals surface area contributed by atoms with Crippen molar-refractivity contribution in [3.8, 4) is 0 Å². The van der Waals surface area contributed by atoms with E-state index in [9.17, 15) is 0 Å². The molecule has 2 aromatic heterocycles. The normalized spacial score (nSPS) is 21.7. The lowest BCUT2D eigenvalue weighted by molar-refractivity contribution is 0.0216. The van der Waals surface area contributed by atoms with Crippen molar-refractivity contribution in [3.63, 3.8) is 0 Å². The lowest BCUT2D eigenvalue weighted by atomic mass is 9.89. The van der Waals surface area contributed by atoms with Gasteiger partial charge in [0.05, 0.1) is 5.69 Å². The summed E-state index contributed by atoms with van der Waals surface area (Å²) in [5, 5.41) is 7.82. The summed E-state index contributed by atoms with van der Waals surface area (Å²) in [7, 11) is 0. The monoisotopic (exact) mass is 318 g/mol. The van der Waals surface area contributed by atoms with Crippen molar-refractivity contribution in [2.75, 3.05) is 13.2 Å². The molecule has 0 amide bonds. The molecule has 1 aliphatic carbocycles. The summed E-state index contributed by atoms with van der Waals surface area (Å²) in [5.74, 6) is 2.01. The zero-order chi connectivity index (χ0) is 15.5. The van der Waals surface area contributed by atoms with Crippen LogP contribution in [0.15, 0.2) is 21.6 Å². The van der Waals surface area contributed by atoms with E-state index in [-0.39, 0.29) is 5.54 Å². The molecule has 0 spiro atoms. The first-order valence-corrected chi connectivity index (χ1v) is 8.40. The molecule has 0 unspecified atom stereocenters. The third-order valence-corrected chi connectivity index (χ3v) is 5.01. The van der Waals surface area contributed by atoms with Crippen molar-refractivity contribution >= 4 is 0 Å². The molecular weight excluding hydrogens is 296 g/mol. The van der Waals surface area contributed by atoms with Crippen LogP contribution in [-0.2, 0) is 16.8 Å². The second-order valence-electron chi connectivity index (χ2n) is 6.47. The Morgan fingerprint density at radius 1 is 1.22 bits per heavy atom. The highest BCUT2D eigenvalue weighted by molar-refractivity contribution is 5.09. The van der Waals surface area contributed by atoms with Gasteiger partial charge in [-0.1, -0.05) is 18.0 Å². The smallest absolute Gasteiger partial charge is 0.247 e. The van der Waals surface area contributed by atoms with Crippen molar-refractivity contribution in [1.82, 2.24) is 20.4 Å². The van der Waals surface area contributed by atoms with E-state index in [0.29, 0.717) is 31.6 Å². The average Bonchev–Trinajstić information content (AvgIpc) is 3.35. The van der Waals surface area contributed by atoms with Crippen LogP contribution in [0.1, 0.15) is 61.9 Å². The van der Waals surface area contributed by atoms with Crippen LogP contribution in [0.25, 0.3) is 0 Å². The summed E-state index contributed by atoms with van der Waals surface area (Å²) in [4.78, 5) is 8.91. The third kappa shape index (κ3) is 3.03. The maximum absolute atomic E-state index is 5.67. The highest BCUT2D eigenvalue weighted by Crippen LogP contribution is 2.36. The molecule has 7 nitrogen and oxygen atoms in total. The Morgan fingerprint density at radius 3 is 2.78 bits per heavy atom. The van der Waals surface area contributed by atoms with Crippen molar-refractivity contribution in [2.24, 2.45) is 0 Å². The number of oxazole rings is 1. The minimum absolute atomic E-state index is 0.332. The quantitative estimate of drug-likeness (QED) is 0.906. The van der Waals surface area contributed by atoms with Gasteiger partial charge in [-0.15, -0.1) is 0 Å². The van der Waals surface area contributed by atoms with Crippen LogP contribution < -0.4 is 5.32 Å². The summed E-state index contributed by atoms with van der Waals surface area (Å²) in [5.41, 5.74) is 0.535. The Balaban J connectivity index is 1.54. The summed E-state index contributed by atoms with van der Waals surface area (Å²) in [6.45, 7) is 1.98. The van der Waals surface area contributed by atoms with E-state index in [1.807, 2.05) is 0 Å². The van der Waals surface area contributed by atoms with Gasteiger partial charge in [0.25, 0.3) is 0 Å². The first kappa shape index (κ1) is 14.8. The number of hydrogen-bond donors (Lipinski definition) is 1. The van der Waals surface area contributed by atoms with Gasteiger partial charge < -0.3 is 13.7 Å². The molecule has 2 aliphatic rings. The minimum Gasteiger partial charge on any atom is -0.451 e. The second-order valence-corrected chi connectivity index (χ2v) is 6.47. The second kappa shape index (κ2) is 6.41. The van der Waals surface area contributed by atoms with Crippen LogP contribution in [0, 0.1) is 0 Å². The van der Waals surface area contributed by atoms with Crippen molar-refractivity contribution in [2.45, 2.75) is 56.5 Å². The van der Waals surface area contributed by atoms with E-state index in [2.05, 4.69) is 15.5 Å². The Hall–Kier alpha value is -1.73. The van der Waals surface area contributed by atoms with Gasteiger partial charge in [0.15, 0.2) is 12.2 Å². The standard InChI is InChI=1S/C16H22N4O3/c1-2-4-12(3-1)14-19-15(23-20-14)16(5-7-21-8-6-16)18-9-13-10-22-11-17-13/h10-12,18H,1-9H2. The maximum atomic E-state index is 5.67. The van der Waals surface area contributed by atoms with Crippen LogP contribution in [0.2, 0.25) is 0 Å². The Kier molecular flexibility index (Phi) is 4.13. The molecule has 1 N–H and O–H groups in total. The van der Waals surface area contributed by atoms with Gasteiger partial charge >= 0.3 is 0 Å². The van der Waals surface area contributed by atoms with E-state index in [0.717, 1.165) is 24.4 Å². The molecule has 3 heterocycles. The van der Waals surface area contributed by atoms with Crippen molar-refractivity contribution in [3.05, 3.63) is 30.1 Å². The van der Waals surface area contributed by atoms with E-state index in [1.54, 1.807) is 6.26 Å². The highest BCUT2D eigenvalue weighted by atomic mass is 16.5. The fourth-order valence-electron chi connectivity index (χ4n) is 3.55. The molecule has 124 valence electrons. The van der Waals surface area contributed by atoms with Gasteiger partial charge in [-0.2, -0.15) is 4.98 Å². The molecule has 0 bridgehead atoms. The van der Waals surface area contributed by atoms with Gasteiger partial charge in [0.2, 0.25) is 5.89 Å². The first-order chi connectivity index (χ1) is 11.4. The maximum Gasteiger partial charge on any atom is 0.247 e. The van der Waals surface area contributed by atoms with E-state index < -0.39 is 0 Å². The van der Waals surface area contributed by atoms with Crippen LogP contribution >= 0.6 is 0 Å². The number of nitrogens with one attached hydrogen (secondary N) is 1. The first-order valence-electron chi connectivity index (χ1n) is 8.40. The Morgan fingerprint density at radius 2 is 2.04 bits per heavy atom. The fourth-order valence-corrected chi connectivity index (χ4v) is 3.55. The average molecular weight is 318 g/mol. The Bertz CT molecular complexity index is 613. The van der Waals surface area contributed by atoms with Crippen molar-refractivity contribution in [1.29, 1.82) is 0 Å². The van der Waals surface area contributed by atoms with Crippen LogP contribution in [-0.4, -0.2) is 28.3 Å². The molecule has 7 heteroatoms. The zero-order valence-electron chi connectivity index (χ0n) is 13.2. The van der Waals surface area contributed by atoms with Gasteiger partial charge in [-0.3, -0.25) is 5.32 Å². The molecule has 23 heavy (non-hydrogen) atoms. The molecule has 1 saturated carbocycles. The topological polar surface area (TPSA) is 86.2 Å². The lowest BCUT2D eigenvalue weighted by Crippen LogP contribution is -2.46. The molecule has 1 saturated heterocycles. The highest BCUT2D eigenvalue weighted by Gasteiger charge is 2.40. The summed E-state index contributed by atoms with van der Waals surface area (Å²) >= 11 is 0. The van der Waals surface area contributed by atoms with E-state index >= 15 is 0 Å². The molecule has 2 fully saturated rings. The third-order valence-electron chi connectivity index (χ3n) is 5.01. The fraction of sp³-hybridized carbons (Fsp3) is 0.688. The minimum atomic E-state index is -0.332. The molecule has 0 aromatic carbocycles. The van der Waals surface area contributed by atoms with Crippen molar-refractivity contribution < 1.29 is 13.7 Å². The van der Waals surface area contributed by atoms with Gasteiger partial charge in [-0.05, 0) is 25.7 Å². The lowest BCUT2D eigenvalue weighted by Gasteiger charge is -2.34. The van der Waals surface area contributed by atoms with E-state index in [1.165, 1.54) is 32.1 Å². The largest absolute Gasteiger partial charge is 0.451 e. The van der Waals surface area contributed by atoms with Crippen LogP contribution in [0.3, 0.4) is 0 Å². The molecule has 2 aromatic rings. The number of rotatable bonds is 5. The van der Waals surface area contributed by atoms with Crippen LogP contribution in [0.5, 0.6) is 0 Å². The number of ether oxygens (including phenoxy) is 1. The predicted octanol–water partition coefficient (Wildman–Crippen LogP) is 2.51. The number of hydrogen-bond acceptors (Lipinski definition) is 7. The van der Waals surface area contributed by atoms with Gasteiger partial charge in [0.1, 0.15) is 11.8 Å². The molecule has 0 radical (unpaired) electrons. The van der Waals surface area contributed by atoms with Gasteiger partial charge in [0, 0.05) is 25.7 Å². The SMILES string of the molecule is c1nc(CNC2(c3nc(C4CCCC4)no3)CCOCC2)co1. The van der Waals surface area contributed by atoms with Gasteiger partial charge in [-0.25, -0.2) is 4.98 Å². The zero-order valence-corrected chi connectivity index (χ0v) is 13.2. The Labute approximate surface area is 134 Å².